The van der Waals surface area contributed by atoms with E-state index in [-0.39, 0.29) is 36.7 Å². The van der Waals surface area contributed by atoms with E-state index in [4.69, 9.17) is 14.0 Å². The molecule has 0 aliphatic carbocycles. The second kappa shape index (κ2) is 13.8. The molecule has 12 heteroatoms. The van der Waals surface area contributed by atoms with Gasteiger partial charge in [-0.2, -0.15) is 0 Å². The third-order valence-electron chi connectivity index (χ3n) is 7.74. The number of aliphatic hydroxyl groups excluding tert-OH is 1. The number of hydrogen-bond donors (Lipinski definition) is 2. The minimum absolute atomic E-state index is 0.0711. The molecule has 1 aromatic carbocycles. The van der Waals surface area contributed by atoms with Crippen LogP contribution < -0.4 is 10.2 Å². The summed E-state index contributed by atoms with van der Waals surface area (Å²) in [5.41, 5.74) is 4.83. The number of β-amino-alcohol motifs (C(OH)–C–C–N with tert-alkyl or cyclic N) is 1. The van der Waals surface area contributed by atoms with Crippen molar-refractivity contribution in [3.05, 3.63) is 52.9 Å². The number of amides is 2. The molecule has 228 valence electrons. The Hall–Kier alpha value is -3.32. The molecular formula is C30H41N5O6S. The highest BCUT2D eigenvalue weighted by Crippen LogP contribution is 2.33. The monoisotopic (exact) mass is 599 g/mol. The SMILES string of the molecule is COC(CN(C)c1cc(C(C(=O)N2C[C@H](O)C[C@H]2C(=O)NC(C)c2ccc(-c3scnc3C)cc2)C(C)C)on1)OC. The predicted molar refractivity (Wildman–Crippen MR) is 160 cm³/mol. The third kappa shape index (κ3) is 7.00. The number of anilines is 1. The number of likely N-dealkylation sites (N-methyl/N-ethyl adjacent to an activating group) is 1. The minimum Gasteiger partial charge on any atom is -0.391 e. The Bertz CT molecular complexity index is 1340. The average molecular weight is 600 g/mol. The summed E-state index contributed by atoms with van der Waals surface area (Å²) in [5.74, 6) is -0.482. The molecule has 2 unspecified atom stereocenters. The summed E-state index contributed by atoms with van der Waals surface area (Å²) in [5, 5.41) is 17.7. The number of carbonyl (C=O) groups excluding carboxylic acids is 2. The number of aromatic nitrogens is 2. The minimum atomic E-state index is -0.801. The Morgan fingerprint density at radius 1 is 1.21 bits per heavy atom. The van der Waals surface area contributed by atoms with Crippen molar-refractivity contribution in [2.24, 2.45) is 5.92 Å². The fourth-order valence-electron chi connectivity index (χ4n) is 5.28. The van der Waals surface area contributed by atoms with Crippen molar-refractivity contribution in [2.45, 2.75) is 64.5 Å². The number of rotatable bonds is 12. The van der Waals surface area contributed by atoms with Gasteiger partial charge in [0.15, 0.2) is 17.9 Å². The Morgan fingerprint density at radius 2 is 1.90 bits per heavy atom. The van der Waals surface area contributed by atoms with E-state index in [0.717, 1.165) is 21.7 Å². The van der Waals surface area contributed by atoms with Crippen LogP contribution in [-0.2, 0) is 19.1 Å². The van der Waals surface area contributed by atoms with Gasteiger partial charge in [-0.05, 0) is 30.9 Å². The Kier molecular flexibility index (Phi) is 10.4. The lowest BCUT2D eigenvalue weighted by atomic mass is 9.91. The van der Waals surface area contributed by atoms with E-state index in [1.54, 1.807) is 31.6 Å². The summed E-state index contributed by atoms with van der Waals surface area (Å²) in [4.78, 5) is 36.1. The molecule has 11 nitrogen and oxygen atoms in total. The Morgan fingerprint density at radius 3 is 2.50 bits per heavy atom. The quantitative estimate of drug-likeness (QED) is 0.299. The maximum atomic E-state index is 13.9. The predicted octanol–water partition coefficient (Wildman–Crippen LogP) is 3.74. The summed E-state index contributed by atoms with van der Waals surface area (Å²) in [6.45, 7) is 8.20. The van der Waals surface area contributed by atoms with Crippen LogP contribution in [0.3, 0.4) is 0 Å². The molecule has 2 aromatic heterocycles. The number of methoxy groups -OCH3 is 2. The van der Waals surface area contributed by atoms with Gasteiger partial charge in [0.25, 0.3) is 0 Å². The van der Waals surface area contributed by atoms with Crippen molar-refractivity contribution in [2.75, 3.05) is 39.3 Å². The zero-order chi connectivity index (χ0) is 30.6. The first kappa shape index (κ1) is 31.6. The molecule has 42 heavy (non-hydrogen) atoms. The van der Waals surface area contributed by atoms with Gasteiger partial charge in [0.1, 0.15) is 12.0 Å². The first-order valence-electron chi connectivity index (χ1n) is 14.1. The van der Waals surface area contributed by atoms with Crippen LogP contribution in [0.25, 0.3) is 10.4 Å². The maximum absolute atomic E-state index is 13.9. The zero-order valence-corrected chi connectivity index (χ0v) is 26.1. The lowest BCUT2D eigenvalue weighted by Gasteiger charge is -2.29. The number of aliphatic hydroxyl groups is 1. The topological polar surface area (TPSA) is 130 Å². The van der Waals surface area contributed by atoms with E-state index in [1.807, 2.05) is 69.4 Å². The summed E-state index contributed by atoms with van der Waals surface area (Å²) in [7, 11) is 4.94. The molecule has 3 heterocycles. The standard InChI is InChI=1S/C30H41N5O6S/c1-17(2)27(24-13-25(33-41-24)34(5)15-26(39-6)40-7)30(38)35-14-22(36)12-23(35)29(37)32-18(3)20-8-10-21(11-9-20)28-19(4)31-16-42-28/h8-11,13,16-18,22-23,26-27,36H,12,14-15H2,1-7H3,(H,32,37)/t18?,22-,23+,27?/m1/s1. The van der Waals surface area contributed by atoms with Gasteiger partial charge < -0.3 is 34.2 Å². The van der Waals surface area contributed by atoms with E-state index < -0.39 is 24.4 Å². The molecule has 2 N–H and O–H groups in total. The van der Waals surface area contributed by atoms with Gasteiger partial charge in [-0.25, -0.2) is 4.98 Å². The largest absolute Gasteiger partial charge is 0.391 e. The van der Waals surface area contributed by atoms with Gasteiger partial charge in [0.2, 0.25) is 11.8 Å². The summed E-state index contributed by atoms with van der Waals surface area (Å²) >= 11 is 1.59. The number of carbonyl (C=O) groups is 2. The van der Waals surface area contributed by atoms with Crippen molar-refractivity contribution in [1.29, 1.82) is 0 Å². The van der Waals surface area contributed by atoms with Crippen molar-refractivity contribution in [3.8, 4) is 10.4 Å². The first-order valence-corrected chi connectivity index (χ1v) is 14.9. The average Bonchev–Trinajstić information content (AvgIpc) is 3.71. The molecule has 4 atom stereocenters. The maximum Gasteiger partial charge on any atom is 0.243 e. The second-order valence-corrected chi connectivity index (χ2v) is 12.0. The highest BCUT2D eigenvalue weighted by atomic mass is 32.1. The van der Waals surface area contributed by atoms with Crippen LogP contribution in [-0.4, -0.2) is 84.8 Å². The second-order valence-electron chi connectivity index (χ2n) is 11.1. The van der Waals surface area contributed by atoms with Crippen LogP contribution in [0, 0.1) is 12.8 Å². The molecule has 0 spiro atoms. The molecule has 0 radical (unpaired) electrons. The molecule has 1 aliphatic rings. The smallest absolute Gasteiger partial charge is 0.243 e. The van der Waals surface area contributed by atoms with Gasteiger partial charge in [-0.15, -0.1) is 11.3 Å². The number of nitrogens with zero attached hydrogens (tertiary/aromatic N) is 4. The first-order chi connectivity index (χ1) is 20.0. The number of nitrogens with one attached hydrogen (secondary N) is 1. The fourth-order valence-corrected chi connectivity index (χ4v) is 6.09. The molecule has 1 aliphatic heterocycles. The van der Waals surface area contributed by atoms with Crippen LogP contribution in [0.4, 0.5) is 5.82 Å². The van der Waals surface area contributed by atoms with Crippen molar-refractivity contribution >= 4 is 29.0 Å². The van der Waals surface area contributed by atoms with E-state index >= 15 is 0 Å². The van der Waals surface area contributed by atoms with Crippen LogP contribution in [0.5, 0.6) is 0 Å². The number of benzene rings is 1. The van der Waals surface area contributed by atoms with Crippen molar-refractivity contribution in [1.82, 2.24) is 20.4 Å². The molecule has 1 saturated heterocycles. The van der Waals surface area contributed by atoms with Gasteiger partial charge in [0, 0.05) is 40.3 Å². The Labute approximate surface area is 250 Å². The van der Waals surface area contributed by atoms with Crippen LogP contribution in [0.2, 0.25) is 0 Å². The van der Waals surface area contributed by atoms with Crippen LogP contribution in [0.1, 0.15) is 56.2 Å². The third-order valence-corrected chi connectivity index (χ3v) is 8.71. The van der Waals surface area contributed by atoms with Gasteiger partial charge >= 0.3 is 0 Å². The van der Waals surface area contributed by atoms with E-state index in [0.29, 0.717) is 18.1 Å². The van der Waals surface area contributed by atoms with Gasteiger partial charge in [-0.1, -0.05) is 43.3 Å². The number of likely N-dealkylation sites (tertiary alicyclic amines) is 1. The lowest BCUT2D eigenvalue weighted by molar-refractivity contribution is -0.141. The number of ether oxygens (including phenoxy) is 2. The number of aryl methyl sites for hydroxylation is 1. The lowest BCUT2D eigenvalue weighted by Crippen LogP contribution is -2.48. The highest BCUT2D eigenvalue weighted by molar-refractivity contribution is 7.13. The van der Waals surface area contributed by atoms with Crippen LogP contribution in [0.15, 0.2) is 40.4 Å². The molecule has 4 rings (SSSR count). The summed E-state index contributed by atoms with van der Waals surface area (Å²) < 4.78 is 16.2. The summed E-state index contributed by atoms with van der Waals surface area (Å²) in [6, 6.07) is 8.65. The van der Waals surface area contributed by atoms with E-state index in [1.165, 1.54) is 4.90 Å². The summed E-state index contributed by atoms with van der Waals surface area (Å²) in [6.07, 6.45) is -1.09. The molecule has 0 saturated carbocycles. The highest BCUT2D eigenvalue weighted by Gasteiger charge is 2.43. The molecule has 1 fully saturated rings. The number of hydrogen-bond acceptors (Lipinski definition) is 10. The van der Waals surface area contributed by atoms with Gasteiger partial charge in [0.05, 0.1) is 34.8 Å². The van der Waals surface area contributed by atoms with Crippen molar-refractivity contribution in [3.63, 3.8) is 0 Å². The Balaban J connectivity index is 1.46. The fraction of sp³-hybridized carbons (Fsp3) is 0.533. The molecular weight excluding hydrogens is 558 g/mol. The van der Waals surface area contributed by atoms with Gasteiger partial charge in [-0.3, -0.25) is 9.59 Å². The molecule has 0 bridgehead atoms. The zero-order valence-electron chi connectivity index (χ0n) is 25.2. The molecule has 2 amide bonds. The van der Waals surface area contributed by atoms with E-state index in [2.05, 4.69) is 15.5 Å². The molecule has 3 aromatic rings. The van der Waals surface area contributed by atoms with Crippen LogP contribution >= 0.6 is 11.3 Å². The van der Waals surface area contributed by atoms with E-state index in [9.17, 15) is 14.7 Å². The van der Waals surface area contributed by atoms with Crippen molar-refractivity contribution < 1.29 is 28.7 Å². The normalized spacial score (nSPS) is 18.5. The number of thiazole rings is 1.